The number of esters is 1. The molecule has 4 aliphatic rings. The Morgan fingerprint density at radius 1 is 0.830 bits per heavy atom. The van der Waals surface area contributed by atoms with Gasteiger partial charge in [-0.1, -0.05) is 31.4 Å². The zero-order chi connectivity index (χ0) is 33.2. The lowest BCUT2D eigenvalue weighted by atomic mass is 9.78. The van der Waals surface area contributed by atoms with E-state index in [1.165, 1.54) is 41.8 Å². The van der Waals surface area contributed by atoms with Crippen LogP contribution in [0, 0.1) is 6.92 Å². The van der Waals surface area contributed by atoms with Gasteiger partial charge in [0.2, 0.25) is 0 Å². The summed E-state index contributed by atoms with van der Waals surface area (Å²) < 4.78 is 6.65. The minimum atomic E-state index is -2.28. The number of aryl methyl sites for hydroxylation is 1. The van der Waals surface area contributed by atoms with Crippen LogP contribution < -0.4 is 25.5 Å². The maximum absolute atomic E-state index is 13.9. The summed E-state index contributed by atoms with van der Waals surface area (Å²) in [4.78, 5) is 56.9. The Hall–Kier alpha value is -4.70. The number of imide groups is 1. The molecule has 3 amide bonds. The van der Waals surface area contributed by atoms with E-state index >= 15 is 0 Å². The Kier molecular flexibility index (Phi) is 7.38. The molecular weight excluding hydrogens is 609 g/mol. The third-order valence-corrected chi connectivity index (χ3v) is 15.8. The van der Waals surface area contributed by atoms with Crippen LogP contribution in [0.5, 0.6) is 0 Å². The number of nitrogens with one attached hydrogen (secondary N) is 1. The fourth-order valence-corrected chi connectivity index (χ4v) is 13.8. The van der Waals surface area contributed by atoms with Gasteiger partial charge < -0.3 is 19.9 Å². The van der Waals surface area contributed by atoms with Gasteiger partial charge in [-0.2, -0.15) is 0 Å². The average molecular weight is 649 g/mol. The first kappa shape index (κ1) is 30.9. The fraction of sp³-hybridized carbons (Fsp3) is 0.351. The molecule has 242 valence electrons. The van der Waals surface area contributed by atoms with E-state index in [-0.39, 0.29) is 30.8 Å². The van der Waals surface area contributed by atoms with E-state index in [2.05, 4.69) is 79.7 Å². The molecule has 0 radical (unpaired) electrons. The normalized spacial score (nSPS) is 18.2. The SMILES string of the molecule is Cc1cc2c(cc1C(=O)NCCN1C(=O)C=CC1=O)C1(OC2=O)c2ccc(N(C)C)cc2[Si]2(CCCCC2)c2cc(N(C)C)ccc21. The molecule has 9 nitrogen and oxygen atoms in total. The highest BCUT2D eigenvalue weighted by Crippen LogP contribution is 2.51. The fourth-order valence-electron chi connectivity index (χ4n) is 8.10. The van der Waals surface area contributed by atoms with Gasteiger partial charge in [0.05, 0.1) is 5.56 Å². The maximum Gasteiger partial charge on any atom is 0.340 e. The summed E-state index contributed by atoms with van der Waals surface area (Å²) in [7, 11) is 5.94. The zero-order valence-electron chi connectivity index (χ0n) is 27.6. The number of rotatable bonds is 6. The standard InChI is InChI=1S/C37H40N4O5Si/c1-23-19-27-30(22-26(23)35(44)38-15-16-41-33(42)13-14-34(41)43)37(46-36(27)45)28-11-9-24(39(2)3)20-31(28)47(17-7-6-8-18-47)32-21-25(40(4)5)10-12-29(32)37/h9-14,19-22H,6-8,15-18H2,1-5H3,(H,38,44). The zero-order valence-corrected chi connectivity index (χ0v) is 28.6. The summed E-state index contributed by atoms with van der Waals surface area (Å²) in [6.45, 7) is 1.99. The topological polar surface area (TPSA) is 99.3 Å². The molecule has 0 bridgehead atoms. The lowest BCUT2D eigenvalue weighted by Crippen LogP contribution is -2.67. The van der Waals surface area contributed by atoms with Crippen LogP contribution in [0.2, 0.25) is 12.1 Å². The van der Waals surface area contributed by atoms with E-state index in [1.54, 1.807) is 6.07 Å². The van der Waals surface area contributed by atoms with Crippen LogP contribution >= 0.6 is 0 Å². The van der Waals surface area contributed by atoms with E-state index in [0.29, 0.717) is 22.3 Å². The second-order valence-electron chi connectivity index (χ2n) is 13.6. The number of nitrogens with zero attached hydrogens (tertiary/aromatic N) is 3. The minimum Gasteiger partial charge on any atom is -0.441 e. The van der Waals surface area contributed by atoms with Gasteiger partial charge in [0.15, 0.2) is 5.60 Å². The third kappa shape index (κ3) is 4.64. The quantitative estimate of drug-likeness (QED) is 0.249. The van der Waals surface area contributed by atoms with Crippen LogP contribution in [0.25, 0.3) is 0 Å². The first-order valence-corrected chi connectivity index (χ1v) is 18.7. The molecule has 0 aliphatic carbocycles. The predicted octanol–water partition coefficient (Wildman–Crippen LogP) is 3.30. The predicted molar refractivity (Wildman–Crippen MR) is 185 cm³/mol. The molecule has 0 atom stereocenters. The van der Waals surface area contributed by atoms with Gasteiger partial charge in [0.25, 0.3) is 17.7 Å². The lowest BCUT2D eigenvalue weighted by molar-refractivity contribution is -0.136. The molecule has 2 spiro atoms. The molecule has 10 heteroatoms. The van der Waals surface area contributed by atoms with Crippen molar-refractivity contribution < 1.29 is 23.9 Å². The highest BCUT2D eigenvalue weighted by molar-refractivity contribution is 7.03. The van der Waals surface area contributed by atoms with Crippen LogP contribution in [-0.4, -0.2) is 77.9 Å². The van der Waals surface area contributed by atoms with Crippen LogP contribution in [0.15, 0.2) is 60.7 Å². The second kappa shape index (κ2) is 11.2. The van der Waals surface area contributed by atoms with E-state index in [1.807, 2.05) is 13.0 Å². The van der Waals surface area contributed by atoms with Crippen molar-refractivity contribution in [3.63, 3.8) is 0 Å². The number of anilines is 2. The molecule has 4 heterocycles. The smallest absolute Gasteiger partial charge is 0.340 e. The van der Waals surface area contributed by atoms with Gasteiger partial charge >= 0.3 is 5.97 Å². The second-order valence-corrected chi connectivity index (χ2v) is 17.8. The van der Waals surface area contributed by atoms with Gasteiger partial charge in [0, 0.05) is 87.1 Å². The van der Waals surface area contributed by atoms with Gasteiger partial charge in [-0.05, 0) is 71.3 Å². The molecular formula is C37H40N4O5Si. The molecule has 47 heavy (non-hydrogen) atoms. The molecule has 3 aromatic carbocycles. The molecule has 1 N–H and O–H groups in total. The summed E-state index contributed by atoms with van der Waals surface area (Å²) >= 11 is 0. The summed E-state index contributed by atoms with van der Waals surface area (Å²) in [5.74, 6) is -1.52. The summed E-state index contributed by atoms with van der Waals surface area (Å²) in [6, 6.07) is 19.0. The number of hydrogen-bond donors (Lipinski definition) is 1. The number of carbonyl (C=O) groups is 4. The van der Waals surface area contributed by atoms with Crippen molar-refractivity contribution in [1.82, 2.24) is 10.2 Å². The summed E-state index contributed by atoms with van der Waals surface area (Å²) in [5.41, 5.74) is 5.23. The van der Waals surface area contributed by atoms with Crippen LogP contribution in [-0.2, 0) is 19.9 Å². The first-order valence-electron chi connectivity index (χ1n) is 16.3. The van der Waals surface area contributed by atoms with Crippen LogP contribution in [0.1, 0.15) is 62.2 Å². The number of hydrogen-bond acceptors (Lipinski definition) is 7. The van der Waals surface area contributed by atoms with Gasteiger partial charge in [-0.3, -0.25) is 19.3 Å². The van der Waals surface area contributed by atoms with Crippen molar-refractivity contribution in [2.45, 2.75) is 43.9 Å². The van der Waals surface area contributed by atoms with Crippen molar-refractivity contribution in [1.29, 1.82) is 0 Å². The number of fused-ring (bicyclic) bond motifs is 8. The lowest BCUT2D eigenvalue weighted by Gasteiger charge is -2.48. The van der Waals surface area contributed by atoms with Crippen molar-refractivity contribution in [2.75, 3.05) is 51.1 Å². The molecule has 0 unspecified atom stereocenters. The first-order chi connectivity index (χ1) is 22.5. The molecule has 4 aliphatic heterocycles. The highest BCUT2D eigenvalue weighted by atomic mass is 28.3. The minimum absolute atomic E-state index is 0.0712. The molecule has 7 rings (SSSR count). The highest BCUT2D eigenvalue weighted by Gasteiger charge is 2.58. The Morgan fingerprint density at radius 2 is 1.40 bits per heavy atom. The number of carbonyl (C=O) groups excluding carboxylic acids is 4. The summed E-state index contributed by atoms with van der Waals surface area (Å²) in [6.07, 6.45) is 6.02. The monoisotopic (exact) mass is 648 g/mol. The third-order valence-electron chi connectivity index (χ3n) is 10.5. The molecule has 1 fully saturated rings. The summed E-state index contributed by atoms with van der Waals surface area (Å²) in [5, 5.41) is 5.51. The Bertz CT molecular complexity index is 1810. The van der Waals surface area contributed by atoms with Gasteiger partial charge in [0.1, 0.15) is 8.07 Å². The largest absolute Gasteiger partial charge is 0.441 e. The van der Waals surface area contributed by atoms with Crippen LogP contribution in [0.3, 0.4) is 0 Å². The average Bonchev–Trinajstić information content (AvgIpc) is 3.53. The van der Waals surface area contributed by atoms with Crippen LogP contribution in [0.4, 0.5) is 11.4 Å². The van der Waals surface area contributed by atoms with Gasteiger partial charge in [-0.25, -0.2) is 4.79 Å². The van der Waals surface area contributed by atoms with Gasteiger partial charge in [-0.15, -0.1) is 0 Å². The van der Waals surface area contributed by atoms with Crippen molar-refractivity contribution >= 4 is 53.5 Å². The number of benzene rings is 3. The Morgan fingerprint density at radius 3 is 1.96 bits per heavy atom. The number of ether oxygens (including phenoxy) is 1. The van der Waals surface area contributed by atoms with Crippen molar-refractivity contribution in [2.24, 2.45) is 0 Å². The molecule has 0 saturated carbocycles. The van der Waals surface area contributed by atoms with Crippen molar-refractivity contribution in [3.8, 4) is 0 Å². The van der Waals surface area contributed by atoms with E-state index in [9.17, 15) is 19.2 Å². The molecule has 3 aromatic rings. The number of amides is 3. The van der Waals surface area contributed by atoms with Crippen molar-refractivity contribution in [3.05, 3.63) is 94.1 Å². The maximum atomic E-state index is 13.9. The van der Waals surface area contributed by atoms with E-state index in [4.69, 9.17) is 4.74 Å². The van der Waals surface area contributed by atoms with E-state index < -0.39 is 19.6 Å². The Balaban J connectivity index is 1.40. The molecule has 1 saturated heterocycles. The molecule has 0 aromatic heterocycles. The Labute approximate surface area is 276 Å². The van der Waals surface area contributed by atoms with E-state index in [0.717, 1.165) is 39.5 Å².